The number of aryl methyl sites for hydroxylation is 2. The van der Waals surface area contributed by atoms with Crippen LogP contribution in [0.5, 0.6) is 0 Å². The third kappa shape index (κ3) is 2.98. The molecule has 128 valence electrons. The maximum absolute atomic E-state index is 12.8. The molecule has 3 heterocycles. The third-order valence-corrected chi connectivity index (χ3v) is 4.38. The fourth-order valence-electron chi connectivity index (χ4n) is 3.36. The Hall–Kier alpha value is -2.44. The number of rotatable bonds is 3. The number of nitrogens with one attached hydrogen (secondary N) is 1. The van der Waals surface area contributed by atoms with Gasteiger partial charge in [-0.25, -0.2) is 0 Å². The summed E-state index contributed by atoms with van der Waals surface area (Å²) in [6.07, 6.45) is 0.930. The van der Waals surface area contributed by atoms with E-state index in [0.29, 0.717) is 19.0 Å². The first-order valence-corrected chi connectivity index (χ1v) is 8.26. The molecule has 0 spiro atoms. The molecule has 1 amide bonds. The Kier molecular flexibility index (Phi) is 4.26. The van der Waals surface area contributed by atoms with E-state index in [2.05, 4.69) is 33.6 Å². The van der Waals surface area contributed by atoms with E-state index in [4.69, 9.17) is 0 Å². The lowest BCUT2D eigenvalue weighted by Crippen LogP contribution is -2.43. The van der Waals surface area contributed by atoms with E-state index in [9.17, 15) is 9.59 Å². The lowest BCUT2D eigenvalue weighted by atomic mass is 10.0. The summed E-state index contributed by atoms with van der Waals surface area (Å²) in [6.45, 7) is 8.99. The van der Waals surface area contributed by atoms with Crippen LogP contribution in [0.4, 0.5) is 0 Å². The Morgan fingerprint density at radius 3 is 2.75 bits per heavy atom. The monoisotopic (exact) mass is 329 g/mol. The molecule has 0 aromatic carbocycles. The van der Waals surface area contributed by atoms with Gasteiger partial charge in [0.1, 0.15) is 11.4 Å². The Morgan fingerprint density at radius 2 is 2.08 bits per heavy atom. The minimum Gasteiger partial charge on any atom is -0.329 e. The summed E-state index contributed by atoms with van der Waals surface area (Å²) in [7, 11) is 0. The second-order valence-electron chi connectivity index (χ2n) is 6.89. The molecule has 0 radical (unpaired) electrons. The van der Waals surface area contributed by atoms with E-state index in [-0.39, 0.29) is 23.1 Å². The molecule has 0 saturated carbocycles. The summed E-state index contributed by atoms with van der Waals surface area (Å²) < 4.78 is 2.13. The number of nitrogens with zero attached hydrogens (tertiary/aromatic N) is 4. The summed E-state index contributed by atoms with van der Waals surface area (Å²) in [4.78, 5) is 29.3. The molecule has 1 N–H and O–H groups in total. The molecule has 7 nitrogen and oxygen atoms in total. The van der Waals surface area contributed by atoms with E-state index in [1.807, 2.05) is 6.92 Å². The van der Waals surface area contributed by atoms with Crippen molar-refractivity contribution in [1.82, 2.24) is 24.6 Å². The van der Waals surface area contributed by atoms with Gasteiger partial charge in [-0.2, -0.15) is 0 Å². The van der Waals surface area contributed by atoms with Gasteiger partial charge in [0.05, 0.1) is 12.6 Å². The first-order chi connectivity index (χ1) is 11.4. The number of H-pyrrole nitrogens is 1. The number of carbonyl (C=O) groups excluding carboxylic acids is 1. The molecule has 1 aliphatic heterocycles. The van der Waals surface area contributed by atoms with Crippen molar-refractivity contribution in [3.8, 4) is 0 Å². The van der Waals surface area contributed by atoms with E-state index < -0.39 is 0 Å². The lowest BCUT2D eigenvalue weighted by molar-refractivity contribution is 0.0659. The molecule has 2 aromatic rings. The molecule has 7 heteroatoms. The van der Waals surface area contributed by atoms with Crippen molar-refractivity contribution in [2.45, 2.75) is 46.7 Å². The van der Waals surface area contributed by atoms with Crippen LogP contribution < -0.4 is 5.56 Å². The predicted octanol–water partition coefficient (Wildman–Crippen LogP) is 1.83. The van der Waals surface area contributed by atoms with Gasteiger partial charge < -0.3 is 14.5 Å². The molecule has 0 fully saturated rings. The van der Waals surface area contributed by atoms with Crippen LogP contribution in [0.3, 0.4) is 0 Å². The fraction of sp³-hybridized carbons (Fsp3) is 0.529. The van der Waals surface area contributed by atoms with Crippen LogP contribution in [-0.4, -0.2) is 37.1 Å². The molecule has 1 aliphatic rings. The van der Waals surface area contributed by atoms with Crippen LogP contribution in [0.25, 0.3) is 0 Å². The zero-order chi connectivity index (χ0) is 17.4. The highest BCUT2D eigenvalue weighted by Crippen LogP contribution is 2.27. The SMILES string of the molecule is Cc1ccc(C(=O)N2Cc3nnc(C)n3[C@@H](CC(C)C)C2)c(=O)[nH]1. The van der Waals surface area contributed by atoms with Crippen molar-refractivity contribution < 1.29 is 4.79 Å². The van der Waals surface area contributed by atoms with Crippen LogP contribution in [0, 0.1) is 19.8 Å². The standard InChI is InChI=1S/C17H23N5O2/c1-10(2)7-13-8-21(9-15-20-19-12(4)22(13)15)17(24)14-6-5-11(3)18-16(14)23/h5-6,10,13H,7-9H2,1-4H3,(H,18,23)/t13-/m0/s1. The van der Waals surface area contributed by atoms with Crippen molar-refractivity contribution in [3.05, 3.63) is 45.4 Å². The van der Waals surface area contributed by atoms with Gasteiger partial charge in [-0.05, 0) is 38.3 Å². The molecule has 0 saturated heterocycles. The van der Waals surface area contributed by atoms with Crippen molar-refractivity contribution >= 4 is 5.91 Å². The first kappa shape index (κ1) is 16.4. The molecule has 0 bridgehead atoms. The Labute approximate surface area is 140 Å². The normalized spacial score (nSPS) is 17.2. The van der Waals surface area contributed by atoms with E-state index in [0.717, 1.165) is 23.8 Å². The topological polar surface area (TPSA) is 83.9 Å². The van der Waals surface area contributed by atoms with Crippen LogP contribution in [0.2, 0.25) is 0 Å². The summed E-state index contributed by atoms with van der Waals surface area (Å²) >= 11 is 0. The van der Waals surface area contributed by atoms with Gasteiger partial charge in [0, 0.05) is 12.2 Å². The van der Waals surface area contributed by atoms with Crippen molar-refractivity contribution in [1.29, 1.82) is 0 Å². The summed E-state index contributed by atoms with van der Waals surface area (Å²) in [5.41, 5.74) is 0.570. The Bertz CT molecular complexity index is 821. The van der Waals surface area contributed by atoms with Crippen molar-refractivity contribution in [2.24, 2.45) is 5.92 Å². The van der Waals surface area contributed by atoms with Crippen LogP contribution in [-0.2, 0) is 6.54 Å². The van der Waals surface area contributed by atoms with Gasteiger partial charge in [-0.15, -0.1) is 10.2 Å². The molecule has 0 unspecified atom stereocenters. The average molecular weight is 329 g/mol. The first-order valence-electron chi connectivity index (χ1n) is 8.26. The average Bonchev–Trinajstić information content (AvgIpc) is 2.87. The second kappa shape index (κ2) is 6.22. The largest absolute Gasteiger partial charge is 0.329 e. The zero-order valence-electron chi connectivity index (χ0n) is 14.5. The van der Waals surface area contributed by atoms with Gasteiger partial charge in [-0.1, -0.05) is 13.8 Å². The van der Waals surface area contributed by atoms with E-state index in [1.54, 1.807) is 24.0 Å². The van der Waals surface area contributed by atoms with Gasteiger partial charge in [0.2, 0.25) is 0 Å². The van der Waals surface area contributed by atoms with Crippen molar-refractivity contribution in [2.75, 3.05) is 6.54 Å². The van der Waals surface area contributed by atoms with Gasteiger partial charge in [0.25, 0.3) is 11.5 Å². The smallest absolute Gasteiger partial charge is 0.260 e. The zero-order valence-corrected chi connectivity index (χ0v) is 14.5. The summed E-state index contributed by atoms with van der Waals surface area (Å²) in [5, 5.41) is 8.37. The lowest BCUT2D eigenvalue weighted by Gasteiger charge is -2.35. The molecule has 24 heavy (non-hydrogen) atoms. The van der Waals surface area contributed by atoms with Gasteiger partial charge >= 0.3 is 0 Å². The summed E-state index contributed by atoms with van der Waals surface area (Å²) in [6, 6.07) is 3.48. The molecular weight excluding hydrogens is 306 g/mol. The third-order valence-electron chi connectivity index (χ3n) is 4.38. The highest BCUT2D eigenvalue weighted by Gasteiger charge is 2.32. The molecule has 2 aromatic heterocycles. The second-order valence-corrected chi connectivity index (χ2v) is 6.89. The van der Waals surface area contributed by atoms with Crippen molar-refractivity contribution in [3.63, 3.8) is 0 Å². The number of aromatic amines is 1. The van der Waals surface area contributed by atoms with Crippen LogP contribution in [0.1, 0.15) is 54.0 Å². The molecule has 0 aliphatic carbocycles. The maximum Gasteiger partial charge on any atom is 0.260 e. The Morgan fingerprint density at radius 1 is 1.33 bits per heavy atom. The highest BCUT2D eigenvalue weighted by atomic mass is 16.2. The number of hydrogen-bond donors (Lipinski definition) is 1. The minimum atomic E-state index is -0.344. The Balaban J connectivity index is 1.92. The molecular formula is C17H23N5O2. The number of aromatic nitrogens is 4. The number of hydrogen-bond acceptors (Lipinski definition) is 4. The predicted molar refractivity (Wildman–Crippen MR) is 89.8 cm³/mol. The number of pyridine rings is 1. The summed E-state index contributed by atoms with van der Waals surface area (Å²) in [5.74, 6) is 1.89. The number of amides is 1. The minimum absolute atomic E-state index is 0.136. The quantitative estimate of drug-likeness (QED) is 0.931. The van der Waals surface area contributed by atoms with E-state index in [1.165, 1.54) is 0 Å². The molecule has 1 atom stereocenters. The number of fused-ring (bicyclic) bond motifs is 1. The highest BCUT2D eigenvalue weighted by molar-refractivity contribution is 5.93. The number of carbonyl (C=O) groups is 1. The van der Waals surface area contributed by atoms with Gasteiger partial charge in [-0.3, -0.25) is 9.59 Å². The molecule has 3 rings (SSSR count). The van der Waals surface area contributed by atoms with Crippen LogP contribution in [0.15, 0.2) is 16.9 Å². The van der Waals surface area contributed by atoms with E-state index >= 15 is 0 Å². The maximum atomic E-state index is 12.8. The fourth-order valence-corrected chi connectivity index (χ4v) is 3.36. The van der Waals surface area contributed by atoms with Crippen LogP contribution >= 0.6 is 0 Å². The van der Waals surface area contributed by atoms with Gasteiger partial charge in [0.15, 0.2) is 5.82 Å².